The normalized spacial score (nSPS) is 10.0. The molecule has 7 heteroatoms. The van der Waals surface area contributed by atoms with Crippen molar-refractivity contribution in [3.63, 3.8) is 0 Å². The fraction of sp³-hybridized carbons (Fsp3) is 0. The molecule has 0 aromatic carbocycles. The van der Waals surface area contributed by atoms with E-state index in [-0.39, 0.29) is 0 Å². The van der Waals surface area contributed by atoms with Crippen molar-refractivity contribution in [3.8, 4) is 5.82 Å². The van der Waals surface area contributed by atoms with Crippen molar-refractivity contribution in [3.05, 3.63) is 12.5 Å². The van der Waals surface area contributed by atoms with Crippen LogP contribution in [-0.2, 0) is 0 Å². The van der Waals surface area contributed by atoms with Crippen LogP contribution in [0.1, 0.15) is 0 Å². The zero-order chi connectivity index (χ0) is 6.81. The molecule has 2 heterocycles. The van der Waals surface area contributed by atoms with Crippen LogP contribution in [0.4, 0.5) is 0 Å². The third kappa shape index (κ3) is 0.642. The Kier molecular flexibility index (Phi) is 0.938. The number of rotatable bonds is 1. The van der Waals surface area contributed by atoms with Crippen LogP contribution in [0.5, 0.6) is 0 Å². The maximum atomic E-state index is 3.63. The number of aromatic amines is 1. The Bertz CT molecular complexity index is 248. The fourth-order valence-corrected chi connectivity index (χ4v) is 0.535. The fourth-order valence-electron chi connectivity index (χ4n) is 0.535. The zero-order valence-electron chi connectivity index (χ0n) is 4.76. The molecule has 0 spiro atoms. The summed E-state index contributed by atoms with van der Waals surface area (Å²) in [6.45, 7) is 0. The molecule has 0 saturated carbocycles. The Labute approximate surface area is 55.1 Å². The zero-order valence-corrected chi connectivity index (χ0v) is 4.76. The van der Waals surface area contributed by atoms with Crippen molar-refractivity contribution in [2.75, 3.05) is 0 Å². The highest BCUT2D eigenvalue weighted by molar-refractivity contribution is 5.07. The molecule has 1 N–H and O–H groups in total. The lowest BCUT2D eigenvalue weighted by Crippen LogP contribution is -1.98. The maximum absolute atomic E-state index is 3.63. The standard InChI is InChI=1S/C3H2N7/c1-3(7-8-4-1)10-6-2-5-9-10/h1H,(H,4,7,8). The van der Waals surface area contributed by atoms with E-state index in [1.54, 1.807) is 6.20 Å². The molecule has 0 bridgehead atoms. The van der Waals surface area contributed by atoms with Gasteiger partial charge >= 0.3 is 0 Å². The maximum Gasteiger partial charge on any atom is 0.246 e. The van der Waals surface area contributed by atoms with E-state index < -0.39 is 0 Å². The van der Waals surface area contributed by atoms with Crippen LogP contribution in [0.3, 0.4) is 0 Å². The summed E-state index contributed by atoms with van der Waals surface area (Å²) in [4.78, 5) is 1.21. The smallest absolute Gasteiger partial charge is 0.246 e. The van der Waals surface area contributed by atoms with Gasteiger partial charge in [-0.3, -0.25) is 5.10 Å². The first-order valence-corrected chi connectivity index (χ1v) is 2.50. The molecule has 0 aliphatic heterocycles. The number of hydrogen-bond donors (Lipinski definition) is 1. The monoisotopic (exact) mass is 136 g/mol. The van der Waals surface area contributed by atoms with Crippen LogP contribution in [0.2, 0.25) is 0 Å². The molecule has 49 valence electrons. The molecular formula is C3H2N7. The van der Waals surface area contributed by atoms with Gasteiger partial charge in [0.2, 0.25) is 12.1 Å². The Morgan fingerprint density at radius 3 is 3.20 bits per heavy atom. The van der Waals surface area contributed by atoms with Crippen molar-refractivity contribution in [2.24, 2.45) is 0 Å². The predicted octanol–water partition coefficient (Wildman–Crippen LogP) is -1.42. The Balaban J connectivity index is 2.48. The average molecular weight is 136 g/mol. The largest absolute Gasteiger partial charge is 0.263 e. The molecule has 2 rings (SSSR count). The molecule has 0 unspecified atom stereocenters. The first-order chi connectivity index (χ1) is 4.97. The van der Waals surface area contributed by atoms with Crippen molar-refractivity contribution < 1.29 is 0 Å². The van der Waals surface area contributed by atoms with E-state index >= 15 is 0 Å². The van der Waals surface area contributed by atoms with Crippen molar-refractivity contribution >= 4 is 0 Å². The number of H-pyrrole nitrogens is 1. The number of nitrogens with zero attached hydrogens (tertiary/aromatic N) is 6. The third-order valence-electron chi connectivity index (χ3n) is 0.922. The molecule has 0 fully saturated rings. The summed E-state index contributed by atoms with van der Waals surface area (Å²) in [7, 11) is 0. The number of nitrogens with one attached hydrogen (secondary N) is 1. The van der Waals surface area contributed by atoms with E-state index in [2.05, 4.69) is 37.1 Å². The minimum atomic E-state index is 0.494. The van der Waals surface area contributed by atoms with Gasteiger partial charge in [-0.2, -0.15) is 0 Å². The molecule has 7 nitrogen and oxygen atoms in total. The minimum Gasteiger partial charge on any atom is -0.263 e. The van der Waals surface area contributed by atoms with Gasteiger partial charge in [0, 0.05) is 0 Å². The summed E-state index contributed by atoms with van der Waals surface area (Å²) in [6, 6.07) is 0. The highest BCUT2D eigenvalue weighted by atomic mass is 15.6. The summed E-state index contributed by atoms with van der Waals surface area (Å²) >= 11 is 0. The van der Waals surface area contributed by atoms with Gasteiger partial charge in [0.05, 0.1) is 6.20 Å². The van der Waals surface area contributed by atoms with Crippen LogP contribution < -0.4 is 0 Å². The lowest BCUT2D eigenvalue weighted by Gasteiger charge is -1.83. The molecule has 0 aliphatic rings. The Morgan fingerprint density at radius 1 is 1.60 bits per heavy atom. The molecule has 0 atom stereocenters. The van der Waals surface area contributed by atoms with Crippen molar-refractivity contribution in [1.29, 1.82) is 0 Å². The van der Waals surface area contributed by atoms with Crippen LogP contribution in [0.15, 0.2) is 6.20 Å². The quantitative estimate of drug-likeness (QED) is 0.520. The number of tetrazole rings is 1. The summed E-state index contributed by atoms with van der Waals surface area (Å²) in [5.74, 6) is 0.494. The number of hydrogen-bond acceptors (Lipinski definition) is 5. The average Bonchev–Trinajstić information content (AvgIpc) is 2.59. The van der Waals surface area contributed by atoms with Crippen LogP contribution >= 0.6 is 0 Å². The Morgan fingerprint density at radius 2 is 2.60 bits per heavy atom. The van der Waals surface area contributed by atoms with Gasteiger partial charge in [-0.1, -0.05) is 5.21 Å². The first-order valence-electron chi connectivity index (χ1n) is 2.50. The van der Waals surface area contributed by atoms with Gasteiger partial charge in [0.15, 0.2) is 0 Å². The van der Waals surface area contributed by atoms with E-state index in [4.69, 9.17) is 0 Å². The summed E-state index contributed by atoms with van der Waals surface area (Å²) in [6.07, 6.45) is 3.84. The molecule has 0 aliphatic carbocycles. The highest BCUT2D eigenvalue weighted by Crippen LogP contribution is 1.90. The molecule has 2 aromatic rings. The van der Waals surface area contributed by atoms with E-state index in [0.29, 0.717) is 5.82 Å². The van der Waals surface area contributed by atoms with Crippen LogP contribution in [0, 0.1) is 6.33 Å². The van der Waals surface area contributed by atoms with Crippen LogP contribution in [0.25, 0.3) is 5.82 Å². The SMILES string of the molecule is [c]1nnn(-c2c[nH]nn2)n1. The minimum absolute atomic E-state index is 0.494. The molecule has 0 amide bonds. The van der Waals surface area contributed by atoms with E-state index in [1.807, 2.05) is 0 Å². The van der Waals surface area contributed by atoms with Gasteiger partial charge in [0.25, 0.3) is 0 Å². The second kappa shape index (κ2) is 1.87. The van der Waals surface area contributed by atoms with E-state index in [0.717, 1.165) is 0 Å². The van der Waals surface area contributed by atoms with Crippen molar-refractivity contribution in [2.45, 2.75) is 0 Å². The Hall–Kier alpha value is -1.79. The lowest BCUT2D eigenvalue weighted by atomic mass is 10.8. The summed E-state index contributed by atoms with van der Waals surface area (Å²) < 4.78 is 0. The van der Waals surface area contributed by atoms with Gasteiger partial charge in [-0.15, -0.1) is 20.1 Å². The summed E-state index contributed by atoms with van der Waals surface area (Å²) in [5, 5.41) is 20.1. The van der Waals surface area contributed by atoms with Crippen LogP contribution in [-0.4, -0.2) is 35.6 Å². The second-order valence-electron chi connectivity index (χ2n) is 1.51. The second-order valence-corrected chi connectivity index (χ2v) is 1.51. The van der Waals surface area contributed by atoms with Gasteiger partial charge < -0.3 is 0 Å². The van der Waals surface area contributed by atoms with Gasteiger partial charge in [-0.05, 0) is 5.21 Å². The predicted molar refractivity (Wildman–Crippen MR) is 27.9 cm³/mol. The van der Waals surface area contributed by atoms with E-state index in [9.17, 15) is 0 Å². The third-order valence-corrected chi connectivity index (χ3v) is 0.922. The summed E-state index contributed by atoms with van der Waals surface area (Å²) in [5.41, 5.74) is 0. The first kappa shape index (κ1) is 5.03. The topological polar surface area (TPSA) is 85.2 Å². The van der Waals surface area contributed by atoms with E-state index in [1.165, 1.54) is 4.80 Å². The van der Waals surface area contributed by atoms with Crippen molar-refractivity contribution in [1.82, 2.24) is 35.6 Å². The molecular weight excluding hydrogens is 134 g/mol. The molecule has 10 heavy (non-hydrogen) atoms. The molecule has 0 saturated heterocycles. The molecule has 1 radical (unpaired) electrons. The lowest BCUT2D eigenvalue weighted by molar-refractivity contribution is 0.696. The van der Waals surface area contributed by atoms with Gasteiger partial charge in [0.1, 0.15) is 0 Å². The highest BCUT2D eigenvalue weighted by Gasteiger charge is 1.98. The van der Waals surface area contributed by atoms with Gasteiger partial charge in [-0.25, -0.2) is 0 Å². The molecule has 2 aromatic heterocycles. The number of aromatic nitrogens is 7.